The van der Waals surface area contributed by atoms with E-state index in [9.17, 15) is 0 Å². The lowest BCUT2D eigenvalue weighted by Gasteiger charge is -2.27. The van der Waals surface area contributed by atoms with Crippen LogP contribution in [0.25, 0.3) is 16.5 Å². The summed E-state index contributed by atoms with van der Waals surface area (Å²) >= 11 is 3.24. The number of hydrogen-bond donors (Lipinski definition) is 0. The molecule has 4 heterocycles. The van der Waals surface area contributed by atoms with Crippen LogP contribution in [0.2, 0.25) is 0 Å². The minimum atomic E-state index is 0.706. The summed E-state index contributed by atoms with van der Waals surface area (Å²) in [6.45, 7) is 4.98. The first-order valence-electron chi connectivity index (χ1n) is 9.75. The molecule has 0 radical (unpaired) electrons. The summed E-state index contributed by atoms with van der Waals surface area (Å²) in [5.74, 6) is 3.28. The van der Waals surface area contributed by atoms with Gasteiger partial charge in [-0.05, 0) is 31.2 Å². The van der Waals surface area contributed by atoms with Crippen LogP contribution in [0, 0.1) is 6.92 Å². The Kier molecular flexibility index (Phi) is 5.56. The summed E-state index contributed by atoms with van der Waals surface area (Å²) in [5, 5.41) is 12.8. The molecule has 0 atom stereocenters. The molecule has 0 bridgehead atoms. The Morgan fingerprint density at radius 2 is 1.90 bits per heavy atom. The first kappa shape index (κ1) is 19.3. The number of furan rings is 1. The average Bonchev–Trinajstić information content (AvgIpc) is 3.53. The Balaban J connectivity index is 1.39. The molecule has 0 spiro atoms. The zero-order chi connectivity index (χ0) is 20.3. The van der Waals surface area contributed by atoms with E-state index in [1.807, 2.05) is 37.3 Å². The fourth-order valence-electron chi connectivity index (χ4n) is 3.30. The van der Waals surface area contributed by atoms with Crippen molar-refractivity contribution in [3.8, 4) is 16.5 Å². The normalized spacial score (nSPS) is 14.4. The Labute approximate surface area is 182 Å². The van der Waals surface area contributed by atoms with Crippen molar-refractivity contribution in [3.05, 3.63) is 59.3 Å². The van der Waals surface area contributed by atoms with Gasteiger partial charge in [-0.2, -0.15) is 0 Å². The number of benzene rings is 1. The van der Waals surface area contributed by atoms with E-state index in [-0.39, 0.29) is 0 Å². The molecule has 9 heteroatoms. The van der Waals surface area contributed by atoms with Gasteiger partial charge in [0.05, 0.1) is 24.6 Å². The lowest BCUT2D eigenvalue weighted by molar-refractivity contribution is 0.122. The second kappa shape index (κ2) is 8.63. The van der Waals surface area contributed by atoms with Crippen LogP contribution >= 0.6 is 23.1 Å². The van der Waals surface area contributed by atoms with E-state index < -0.39 is 0 Å². The molecule has 1 aromatic carbocycles. The highest BCUT2D eigenvalue weighted by Gasteiger charge is 2.22. The van der Waals surface area contributed by atoms with Crippen molar-refractivity contribution in [2.24, 2.45) is 0 Å². The molecule has 4 aromatic rings. The second-order valence-electron chi connectivity index (χ2n) is 6.90. The monoisotopic (exact) mass is 439 g/mol. The predicted octanol–water partition coefficient (Wildman–Crippen LogP) is 4.42. The highest BCUT2D eigenvalue weighted by Crippen LogP contribution is 2.31. The number of thiazole rings is 1. The van der Waals surface area contributed by atoms with Gasteiger partial charge in [-0.3, -0.25) is 4.57 Å². The summed E-state index contributed by atoms with van der Waals surface area (Å²) in [6, 6.07) is 14.2. The molecule has 1 aliphatic heterocycles. The van der Waals surface area contributed by atoms with Crippen molar-refractivity contribution in [1.29, 1.82) is 0 Å². The molecule has 1 fully saturated rings. The molecule has 3 aromatic heterocycles. The van der Waals surface area contributed by atoms with Gasteiger partial charge in [0.1, 0.15) is 5.76 Å². The fourth-order valence-corrected chi connectivity index (χ4v) is 5.03. The van der Waals surface area contributed by atoms with Crippen LogP contribution in [0.1, 0.15) is 11.5 Å². The van der Waals surface area contributed by atoms with E-state index >= 15 is 0 Å². The average molecular weight is 440 g/mol. The number of ether oxygens (including phenoxy) is 1. The Morgan fingerprint density at radius 1 is 1.07 bits per heavy atom. The minimum absolute atomic E-state index is 0.706. The van der Waals surface area contributed by atoms with E-state index in [0.717, 1.165) is 52.1 Å². The van der Waals surface area contributed by atoms with Crippen LogP contribution < -0.4 is 4.90 Å². The second-order valence-corrected chi connectivity index (χ2v) is 8.70. The number of nitrogens with zero attached hydrogens (tertiary/aromatic N) is 5. The van der Waals surface area contributed by atoms with Gasteiger partial charge in [0.2, 0.25) is 5.95 Å². The first-order valence-corrected chi connectivity index (χ1v) is 11.6. The van der Waals surface area contributed by atoms with E-state index in [2.05, 4.69) is 37.2 Å². The van der Waals surface area contributed by atoms with Gasteiger partial charge in [-0.1, -0.05) is 30.0 Å². The van der Waals surface area contributed by atoms with Gasteiger partial charge in [-0.25, -0.2) is 4.98 Å². The molecule has 0 unspecified atom stereocenters. The zero-order valence-electron chi connectivity index (χ0n) is 16.5. The van der Waals surface area contributed by atoms with Crippen LogP contribution in [-0.2, 0) is 10.5 Å². The topological polar surface area (TPSA) is 69.2 Å². The van der Waals surface area contributed by atoms with Crippen molar-refractivity contribution in [3.63, 3.8) is 0 Å². The van der Waals surface area contributed by atoms with Crippen LogP contribution in [0.15, 0.2) is 57.4 Å². The SMILES string of the molecule is Cc1ccc(-c2nc(CSc3nnc(N4CCOCC4)n3-c3ccccc3)cs2)o1. The van der Waals surface area contributed by atoms with Crippen molar-refractivity contribution >= 4 is 29.0 Å². The van der Waals surface area contributed by atoms with Gasteiger partial charge in [0, 0.05) is 24.2 Å². The van der Waals surface area contributed by atoms with Gasteiger partial charge >= 0.3 is 0 Å². The number of para-hydroxylation sites is 1. The standard InChI is InChI=1S/C21H21N5O2S2/c1-15-7-8-18(28-15)19-22-16(13-29-19)14-30-21-24-23-20(25-9-11-27-12-10-25)26(21)17-5-3-2-4-6-17/h2-8,13H,9-12,14H2,1H3. The third kappa shape index (κ3) is 4.00. The van der Waals surface area contributed by atoms with Crippen molar-refractivity contribution < 1.29 is 9.15 Å². The molecule has 0 amide bonds. The molecule has 1 aliphatic rings. The number of aromatic nitrogens is 4. The molecule has 5 rings (SSSR count). The molecule has 7 nitrogen and oxygen atoms in total. The summed E-state index contributed by atoms with van der Waals surface area (Å²) in [4.78, 5) is 6.96. The Morgan fingerprint density at radius 3 is 2.67 bits per heavy atom. The fraction of sp³-hybridized carbons (Fsp3) is 0.286. The molecular weight excluding hydrogens is 418 g/mol. The van der Waals surface area contributed by atoms with Gasteiger partial charge in [0.15, 0.2) is 15.9 Å². The Hall–Kier alpha value is -2.62. The third-order valence-electron chi connectivity index (χ3n) is 4.78. The smallest absolute Gasteiger partial charge is 0.232 e. The highest BCUT2D eigenvalue weighted by atomic mass is 32.2. The predicted molar refractivity (Wildman–Crippen MR) is 119 cm³/mol. The molecule has 0 saturated carbocycles. The van der Waals surface area contributed by atoms with Crippen LogP contribution in [0.4, 0.5) is 5.95 Å². The molecule has 0 N–H and O–H groups in total. The number of anilines is 1. The number of aryl methyl sites for hydroxylation is 1. The van der Waals surface area contributed by atoms with Crippen molar-refractivity contribution in [2.75, 3.05) is 31.2 Å². The molecule has 30 heavy (non-hydrogen) atoms. The maximum atomic E-state index is 5.69. The van der Waals surface area contributed by atoms with Crippen LogP contribution in [0.5, 0.6) is 0 Å². The number of hydrogen-bond acceptors (Lipinski definition) is 8. The van der Waals surface area contributed by atoms with Crippen molar-refractivity contribution in [1.82, 2.24) is 19.7 Å². The van der Waals surface area contributed by atoms with Crippen LogP contribution in [0.3, 0.4) is 0 Å². The summed E-state index contributed by atoms with van der Waals surface area (Å²) in [7, 11) is 0. The number of morpholine rings is 1. The molecule has 1 saturated heterocycles. The summed E-state index contributed by atoms with van der Waals surface area (Å²) in [5.41, 5.74) is 2.06. The lowest BCUT2D eigenvalue weighted by atomic mass is 10.3. The molecule has 0 aliphatic carbocycles. The van der Waals surface area contributed by atoms with E-state index in [1.165, 1.54) is 0 Å². The van der Waals surface area contributed by atoms with E-state index in [1.54, 1.807) is 23.1 Å². The van der Waals surface area contributed by atoms with E-state index in [4.69, 9.17) is 14.1 Å². The third-order valence-corrected chi connectivity index (χ3v) is 6.64. The minimum Gasteiger partial charge on any atom is -0.459 e. The molecular formula is C21H21N5O2S2. The maximum absolute atomic E-state index is 5.69. The first-order chi connectivity index (χ1) is 14.8. The van der Waals surface area contributed by atoms with Crippen molar-refractivity contribution in [2.45, 2.75) is 17.8 Å². The van der Waals surface area contributed by atoms with E-state index in [0.29, 0.717) is 19.0 Å². The summed E-state index contributed by atoms with van der Waals surface area (Å²) in [6.07, 6.45) is 0. The lowest BCUT2D eigenvalue weighted by Crippen LogP contribution is -2.37. The highest BCUT2D eigenvalue weighted by molar-refractivity contribution is 7.98. The zero-order valence-corrected chi connectivity index (χ0v) is 18.2. The van der Waals surface area contributed by atoms with Gasteiger partial charge in [-0.15, -0.1) is 21.5 Å². The quantitative estimate of drug-likeness (QED) is 0.412. The Bertz CT molecular complexity index is 1120. The summed E-state index contributed by atoms with van der Waals surface area (Å²) < 4.78 is 13.3. The largest absolute Gasteiger partial charge is 0.459 e. The van der Waals surface area contributed by atoms with Gasteiger partial charge < -0.3 is 14.1 Å². The van der Waals surface area contributed by atoms with Crippen LogP contribution in [-0.4, -0.2) is 46.1 Å². The maximum Gasteiger partial charge on any atom is 0.232 e. The number of rotatable bonds is 6. The molecule has 154 valence electrons. The number of thioether (sulfide) groups is 1. The van der Waals surface area contributed by atoms with Gasteiger partial charge in [0.25, 0.3) is 0 Å².